The third-order valence-corrected chi connectivity index (χ3v) is 2.60. The smallest absolute Gasteiger partial charge is 0.251 e. The number of hydrogen-bond acceptors (Lipinski definition) is 4. The average molecular weight is 234 g/mol. The summed E-state index contributed by atoms with van der Waals surface area (Å²) in [5, 5.41) is 5.45. The topological polar surface area (TPSA) is 97.1 Å². The van der Waals surface area contributed by atoms with Crippen molar-refractivity contribution >= 4 is 11.8 Å². The zero-order valence-electron chi connectivity index (χ0n) is 9.27. The first kappa shape index (κ1) is 11.5. The summed E-state index contributed by atoms with van der Waals surface area (Å²) in [7, 11) is 0. The van der Waals surface area contributed by atoms with Crippen LogP contribution in [0.25, 0.3) is 0 Å². The molecule has 1 aromatic rings. The molecule has 1 atom stereocenters. The Morgan fingerprint density at radius 1 is 1.65 bits per heavy atom. The molecule has 2 heterocycles. The molecule has 0 aliphatic carbocycles. The molecule has 6 heteroatoms. The largest absolute Gasteiger partial charge is 0.354 e. The molecule has 1 aliphatic rings. The minimum atomic E-state index is -0.205. The van der Waals surface area contributed by atoms with Gasteiger partial charge in [0, 0.05) is 31.3 Å². The number of carbonyl (C=O) groups excluding carboxylic acids is 2. The third-order valence-electron chi connectivity index (χ3n) is 2.60. The van der Waals surface area contributed by atoms with Crippen molar-refractivity contribution in [2.75, 3.05) is 6.54 Å². The molecule has 2 amide bonds. The molecule has 0 bridgehead atoms. The maximum Gasteiger partial charge on any atom is 0.251 e. The van der Waals surface area contributed by atoms with Crippen LogP contribution < -0.4 is 16.4 Å². The number of nitrogens with zero attached hydrogens (tertiary/aromatic N) is 1. The van der Waals surface area contributed by atoms with Gasteiger partial charge in [0.2, 0.25) is 5.91 Å². The third kappa shape index (κ3) is 2.79. The van der Waals surface area contributed by atoms with E-state index in [0.29, 0.717) is 30.8 Å². The highest BCUT2D eigenvalue weighted by Gasteiger charge is 2.23. The normalized spacial score (nSPS) is 18.9. The van der Waals surface area contributed by atoms with Crippen molar-refractivity contribution in [1.29, 1.82) is 0 Å². The van der Waals surface area contributed by atoms with Gasteiger partial charge in [0.1, 0.15) is 0 Å². The van der Waals surface area contributed by atoms with Crippen molar-refractivity contribution in [3.8, 4) is 0 Å². The first-order chi connectivity index (χ1) is 8.19. The van der Waals surface area contributed by atoms with Gasteiger partial charge in [0.05, 0.1) is 11.7 Å². The van der Waals surface area contributed by atoms with Crippen molar-refractivity contribution < 1.29 is 9.59 Å². The van der Waals surface area contributed by atoms with Crippen molar-refractivity contribution in [2.45, 2.75) is 19.0 Å². The molecule has 90 valence electrons. The molecular weight excluding hydrogens is 220 g/mol. The van der Waals surface area contributed by atoms with E-state index in [-0.39, 0.29) is 17.9 Å². The lowest BCUT2D eigenvalue weighted by Crippen LogP contribution is -2.36. The molecule has 1 aromatic heterocycles. The summed E-state index contributed by atoms with van der Waals surface area (Å²) in [5.41, 5.74) is 6.63. The Morgan fingerprint density at radius 2 is 2.47 bits per heavy atom. The van der Waals surface area contributed by atoms with Crippen LogP contribution in [0.2, 0.25) is 0 Å². The van der Waals surface area contributed by atoms with E-state index < -0.39 is 0 Å². The predicted octanol–water partition coefficient (Wildman–Crippen LogP) is -0.841. The number of nitrogens with two attached hydrogens (primary N) is 1. The number of rotatable bonds is 3. The van der Waals surface area contributed by atoms with E-state index in [4.69, 9.17) is 5.73 Å². The van der Waals surface area contributed by atoms with Crippen LogP contribution >= 0.6 is 0 Å². The Morgan fingerprint density at radius 3 is 3.12 bits per heavy atom. The summed E-state index contributed by atoms with van der Waals surface area (Å²) in [6.45, 7) is 0.782. The van der Waals surface area contributed by atoms with Gasteiger partial charge in [-0.1, -0.05) is 0 Å². The lowest BCUT2D eigenvalue weighted by molar-refractivity contribution is -0.119. The van der Waals surface area contributed by atoms with Crippen LogP contribution in [-0.2, 0) is 11.3 Å². The fraction of sp³-hybridized carbons (Fsp3) is 0.364. The molecule has 0 aromatic carbocycles. The van der Waals surface area contributed by atoms with Gasteiger partial charge in [-0.25, -0.2) is 0 Å². The second kappa shape index (κ2) is 4.92. The van der Waals surface area contributed by atoms with Gasteiger partial charge in [0.25, 0.3) is 5.91 Å². The second-order valence-corrected chi connectivity index (χ2v) is 3.92. The molecular formula is C11H14N4O2. The van der Waals surface area contributed by atoms with Crippen LogP contribution in [0.5, 0.6) is 0 Å². The first-order valence-electron chi connectivity index (χ1n) is 5.41. The van der Waals surface area contributed by atoms with Crippen LogP contribution in [0.15, 0.2) is 18.3 Å². The minimum Gasteiger partial charge on any atom is -0.354 e. The summed E-state index contributed by atoms with van der Waals surface area (Å²) >= 11 is 0. The van der Waals surface area contributed by atoms with Crippen molar-refractivity contribution in [3.63, 3.8) is 0 Å². The SMILES string of the molecule is NCc1cc(C(=O)NC2CNC(=O)C2)ccn1. The van der Waals surface area contributed by atoms with Gasteiger partial charge in [-0.3, -0.25) is 14.6 Å². The standard InChI is InChI=1S/C11H14N4O2/c12-5-8-3-7(1-2-13-8)11(17)15-9-4-10(16)14-6-9/h1-3,9H,4-6,12H2,(H,14,16)(H,15,17). The predicted molar refractivity (Wildman–Crippen MR) is 61.0 cm³/mol. The molecule has 1 unspecified atom stereocenters. The molecule has 0 spiro atoms. The van der Waals surface area contributed by atoms with E-state index in [2.05, 4.69) is 15.6 Å². The van der Waals surface area contributed by atoms with Gasteiger partial charge >= 0.3 is 0 Å². The maximum absolute atomic E-state index is 11.9. The van der Waals surface area contributed by atoms with Crippen LogP contribution in [0, 0.1) is 0 Å². The molecule has 6 nitrogen and oxygen atoms in total. The zero-order valence-corrected chi connectivity index (χ0v) is 9.27. The van der Waals surface area contributed by atoms with Gasteiger partial charge in [0.15, 0.2) is 0 Å². The summed E-state index contributed by atoms with van der Waals surface area (Å²) in [6, 6.07) is 3.14. The van der Waals surface area contributed by atoms with Gasteiger partial charge in [-0.15, -0.1) is 0 Å². The Kier molecular flexibility index (Phi) is 3.34. The fourth-order valence-electron chi connectivity index (χ4n) is 1.71. The number of hydrogen-bond donors (Lipinski definition) is 3. The molecule has 1 aliphatic heterocycles. The summed E-state index contributed by atoms with van der Waals surface area (Å²) < 4.78 is 0. The van der Waals surface area contributed by atoms with Crippen molar-refractivity contribution in [2.24, 2.45) is 5.73 Å². The van der Waals surface area contributed by atoms with E-state index >= 15 is 0 Å². The molecule has 1 fully saturated rings. The quantitative estimate of drug-likeness (QED) is 0.635. The van der Waals surface area contributed by atoms with E-state index in [1.54, 1.807) is 18.3 Å². The Hall–Kier alpha value is -1.95. The van der Waals surface area contributed by atoms with Gasteiger partial charge < -0.3 is 16.4 Å². The van der Waals surface area contributed by atoms with Crippen molar-refractivity contribution in [1.82, 2.24) is 15.6 Å². The lowest BCUT2D eigenvalue weighted by atomic mass is 10.2. The number of carbonyl (C=O) groups is 2. The highest BCUT2D eigenvalue weighted by atomic mass is 16.2. The number of aromatic nitrogens is 1. The summed E-state index contributed by atoms with van der Waals surface area (Å²) in [4.78, 5) is 26.9. The molecule has 2 rings (SSSR count). The van der Waals surface area contributed by atoms with Crippen LogP contribution in [0.4, 0.5) is 0 Å². The molecule has 17 heavy (non-hydrogen) atoms. The van der Waals surface area contributed by atoms with E-state index in [1.165, 1.54) is 0 Å². The fourth-order valence-corrected chi connectivity index (χ4v) is 1.71. The number of pyridine rings is 1. The highest BCUT2D eigenvalue weighted by Crippen LogP contribution is 2.04. The number of amides is 2. The van der Waals surface area contributed by atoms with E-state index in [1.807, 2.05) is 0 Å². The van der Waals surface area contributed by atoms with Crippen LogP contribution in [0.3, 0.4) is 0 Å². The maximum atomic E-state index is 11.9. The lowest BCUT2D eigenvalue weighted by Gasteiger charge is -2.10. The Bertz CT molecular complexity index is 447. The highest BCUT2D eigenvalue weighted by molar-refractivity contribution is 5.95. The molecule has 0 radical (unpaired) electrons. The summed E-state index contributed by atoms with van der Waals surface area (Å²) in [6.07, 6.45) is 1.88. The monoisotopic (exact) mass is 234 g/mol. The molecule has 0 saturated carbocycles. The number of nitrogens with one attached hydrogen (secondary N) is 2. The zero-order chi connectivity index (χ0) is 12.3. The van der Waals surface area contributed by atoms with Crippen LogP contribution in [0.1, 0.15) is 22.5 Å². The Balaban J connectivity index is 2.01. The van der Waals surface area contributed by atoms with Crippen molar-refractivity contribution in [3.05, 3.63) is 29.6 Å². The first-order valence-corrected chi connectivity index (χ1v) is 5.41. The average Bonchev–Trinajstić information content (AvgIpc) is 2.75. The van der Waals surface area contributed by atoms with E-state index in [9.17, 15) is 9.59 Å². The molecule has 4 N–H and O–H groups in total. The van der Waals surface area contributed by atoms with Crippen LogP contribution in [-0.4, -0.2) is 29.4 Å². The second-order valence-electron chi connectivity index (χ2n) is 3.92. The van der Waals surface area contributed by atoms with E-state index in [0.717, 1.165) is 0 Å². The van der Waals surface area contributed by atoms with Gasteiger partial charge in [-0.2, -0.15) is 0 Å². The Labute approximate surface area is 98.6 Å². The molecule has 1 saturated heterocycles. The summed E-state index contributed by atoms with van der Waals surface area (Å²) in [5.74, 6) is -0.240. The van der Waals surface area contributed by atoms with Gasteiger partial charge in [-0.05, 0) is 12.1 Å². The minimum absolute atomic E-state index is 0.0346.